The van der Waals surface area contributed by atoms with Crippen LogP contribution in [-0.2, 0) is 6.42 Å². The van der Waals surface area contributed by atoms with E-state index in [9.17, 15) is 4.79 Å². The molecule has 0 radical (unpaired) electrons. The molecule has 2 aromatic heterocycles. The molecule has 0 saturated heterocycles. The number of benzene rings is 1. The minimum absolute atomic E-state index is 0.122. The number of carbonyl (C=O) groups excluding carboxylic acids is 1. The summed E-state index contributed by atoms with van der Waals surface area (Å²) >= 11 is 1.48. The molecule has 0 atom stereocenters. The molecule has 0 aliphatic rings. The normalized spacial score (nSPS) is 10.4. The first-order chi connectivity index (χ1) is 11.3. The Morgan fingerprint density at radius 2 is 1.96 bits per heavy atom. The highest BCUT2D eigenvalue weighted by Gasteiger charge is 2.13. The smallest absolute Gasteiger partial charge is 0.254 e. The number of hydrogen-bond acceptors (Lipinski definition) is 4. The number of aromatic nitrogens is 1. The monoisotopic (exact) mass is 324 g/mol. The van der Waals surface area contributed by atoms with Crippen LogP contribution in [0.15, 0.2) is 81.4 Å². The lowest BCUT2D eigenvalue weighted by Gasteiger charge is -2.08. The van der Waals surface area contributed by atoms with Crippen molar-refractivity contribution in [2.75, 3.05) is 6.54 Å². The third-order valence-electron chi connectivity index (χ3n) is 3.21. The first-order valence-electron chi connectivity index (χ1n) is 7.31. The summed E-state index contributed by atoms with van der Waals surface area (Å²) in [7, 11) is 0. The van der Waals surface area contributed by atoms with Crippen LogP contribution in [0.3, 0.4) is 0 Å². The van der Waals surface area contributed by atoms with E-state index in [4.69, 9.17) is 4.42 Å². The van der Waals surface area contributed by atoms with Gasteiger partial charge >= 0.3 is 0 Å². The Labute approximate surface area is 138 Å². The standard InChI is InChI=1S/C18H16N2O2S/c21-17(19-12-10-14-6-5-13-22-14)16-9-4-11-20-18(16)23-15-7-2-1-3-8-15/h1-9,11,13H,10,12H2,(H,19,21). The molecular formula is C18H16N2O2S. The van der Waals surface area contributed by atoms with Gasteiger partial charge in [-0.05, 0) is 36.4 Å². The molecule has 0 bridgehead atoms. The number of rotatable bonds is 6. The quantitative estimate of drug-likeness (QED) is 0.749. The van der Waals surface area contributed by atoms with E-state index in [0.29, 0.717) is 23.6 Å². The van der Waals surface area contributed by atoms with Gasteiger partial charge in [0, 0.05) is 24.1 Å². The average Bonchev–Trinajstić information content (AvgIpc) is 3.09. The molecule has 3 aromatic rings. The lowest BCUT2D eigenvalue weighted by atomic mass is 10.2. The third kappa shape index (κ3) is 4.23. The van der Waals surface area contributed by atoms with Crippen LogP contribution >= 0.6 is 11.8 Å². The Bertz CT molecular complexity index is 758. The Morgan fingerprint density at radius 1 is 1.09 bits per heavy atom. The van der Waals surface area contributed by atoms with Crippen molar-refractivity contribution in [2.45, 2.75) is 16.3 Å². The fraction of sp³-hybridized carbons (Fsp3) is 0.111. The fourth-order valence-electron chi connectivity index (χ4n) is 2.09. The number of nitrogens with zero attached hydrogens (tertiary/aromatic N) is 1. The van der Waals surface area contributed by atoms with E-state index in [2.05, 4.69) is 10.3 Å². The topological polar surface area (TPSA) is 55.1 Å². The number of hydrogen-bond donors (Lipinski definition) is 1. The van der Waals surface area contributed by atoms with Crippen LogP contribution in [0.1, 0.15) is 16.1 Å². The van der Waals surface area contributed by atoms with Gasteiger partial charge in [-0.1, -0.05) is 30.0 Å². The molecule has 0 saturated carbocycles. The highest BCUT2D eigenvalue weighted by atomic mass is 32.2. The first-order valence-corrected chi connectivity index (χ1v) is 8.13. The molecule has 1 N–H and O–H groups in total. The second-order valence-corrected chi connectivity index (χ2v) is 5.92. The first kappa shape index (κ1) is 15.4. The van der Waals surface area contributed by atoms with Crippen molar-refractivity contribution in [2.24, 2.45) is 0 Å². The van der Waals surface area contributed by atoms with Crippen molar-refractivity contribution in [1.82, 2.24) is 10.3 Å². The van der Waals surface area contributed by atoms with Gasteiger partial charge in [0.1, 0.15) is 10.8 Å². The van der Waals surface area contributed by atoms with Crippen molar-refractivity contribution >= 4 is 17.7 Å². The minimum atomic E-state index is -0.122. The fourth-order valence-corrected chi connectivity index (χ4v) is 3.00. The molecule has 116 valence electrons. The van der Waals surface area contributed by atoms with Crippen molar-refractivity contribution in [3.8, 4) is 0 Å². The van der Waals surface area contributed by atoms with E-state index in [1.807, 2.05) is 42.5 Å². The molecule has 0 fully saturated rings. The molecule has 1 amide bonds. The Hall–Kier alpha value is -2.53. The molecule has 0 unspecified atom stereocenters. The second-order valence-electron chi connectivity index (χ2n) is 4.86. The zero-order chi connectivity index (χ0) is 15.9. The van der Waals surface area contributed by atoms with E-state index in [-0.39, 0.29) is 5.91 Å². The molecule has 1 aromatic carbocycles. The summed E-state index contributed by atoms with van der Waals surface area (Å²) < 4.78 is 5.26. The van der Waals surface area contributed by atoms with Crippen LogP contribution in [0, 0.1) is 0 Å². The number of amides is 1. The maximum atomic E-state index is 12.4. The van der Waals surface area contributed by atoms with Crippen LogP contribution in [0.5, 0.6) is 0 Å². The summed E-state index contributed by atoms with van der Waals surface area (Å²) in [6.45, 7) is 0.524. The SMILES string of the molecule is O=C(NCCc1ccco1)c1cccnc1Sc1ccccc1. The predicted octanol–water partition coefficient (Wildman–Crippen LogP) is 3.80. The van der Waals surface area contributed by atoms with Crippen molar-refractivity contribution in [1.29, 1.82) is 0 Å². The Balaban J connectivity index is 1.65. The summed E-state index contributed by atoms with van der Waals surface area (Å²) in [6, 6.07) is 17.2. The lowest BCUT2D eigenvalue weighted by Crippen LogP contribution is -2.26. The summed E-state index contributed by atoms with van der Waals surface area (Å²) in [5, 5.41) is 3.61. The minimum Gasteiger partial charge on any atom is -0.469 e. The lowest BCUT2D eigenvalue weighted by molar-refractivity contribution is 0.0950. The van der Waals surface area contributed by atoms with Crippen LogP contribution in [0.25, 0.3) is 0 Å². The largest absolute Gasteiger partial charge is 0.469 e. The molecule has 3 rings (SSSR count). The summed E-state index contributed by atoms with van der Waals surface area (Å²) in [6.07, 6.45) is 4.00. The second kappa shape index (κ2) is 7.65. The molecule has 23 heavy (non-hydrogen) atoms. The van der Waals surface area contributed by atoms with E-state index in [0.717, 1.165) is 10.7 Å². The summed E-state index contributed by atoms with van der Waals surface area (Å²) in [4.78, 5) is 17.8. The zero-order valence-electron chi connectivity index (χ0n) is 12.4. The van der Waals surface area contributed by atoms with Gasteiger partial charge in [0.15, 0.2) is 0 Å². The number of nitrogens with one attached hydrogen (secondary N) is 1. The molecule has 0 spiro atoms. The average molecular weight is 324 g/mol. The molecule has 2 heterocycles. The Morgan fingerprint density at radius 3 is 2.74 bits per heavy atom. The van der Waals surface area contributed by atoms with Gasteiger partial charge in [0.05, 0.1) is 11.8 Å². The van der Waals surface area contributed by atoms with E-state index in [1.54, 1.807) is 24.6 Å². The predicted molar refractivity (Wildman–Crippen MR) is 89.5 cm³/mol. The highest BCUT2D eigenvalue weighted by Crippen LogP contribution is 2.28. The van der Waals surface area contributed by atoms with Crippen molar-refractivity contribution in [3.63, 3.8) is 0 Å². The number of furan rings is 1. The molecule has 4 nitrogen and oxygen atoms in total. The van der Waals surface area contributed by atoms with Crippen LogP contribution in [0.2, 0.25) is 0 Å². The number of pyridine rings is 1. The van der Waals surface area contributed by atoms with Gasteiger partial charge < -0.3 is 9.73 Å². The van der Waals surface area contributed by atoms with Gasteiger partial charge in [-0.25, -0.2) is 4.98 Å². The van der Waals surface area contributed by atoms with E-state index in [1.165, 1.54) is 11.8 Å². The molecule has 0 aliphatic heterocycles. The molecule has 5 heteroatoms. The summed E-state index contributed by atoms with van der Waals surface area (Å²) in [5.74, 6) is 0.735. The van der Waals surface area contributed by atoms with Gasteiger partial charge in [-0.2, -0.15) is 0 Å². The van der Waals surface area contributed by atoms with E-state index < -0.39 is 0 Å². The van der Waals surface area contributed by atoms with Gasteiger partial charge in [0.25, 0.3) is 5.91 Å². The maximum absolute atomic E-state index is 12.4. The summed E-state index contributed by atoms with van der Waals surface area (Å²) in [5.41, 5.74) is 0.584. The molecular weight excluding hydrogens is 308 g/mol. The zero-order valence-corrected chi connectivity index (χ0v) is 13.3. The molecule has 0 aliphatic carbocycles. The van der Waals surface area contributed by atoms with Crippen LogP contribution < -0.4 is 5.32 Å². The van der Waals surface area contributed by atoms with Gasteiger partial charge in [-0.15, -0.1) is 0 Å². The van der Waals surface area contributed by atoms with Crippen LogP contribution in [-0.4, -0.2) is 17.4 Å². The Kier molecular flexibility index (Phi) is 5.11. The van der Waals surface area contributed by atoms with Crippen molar-refractivity contribution < 1.29 is 9.21 Å². The highest BCUT2D eigenvalue weighted by molar-refractivity contribution is 7.99. The van der Waals surface area contributed by atoms with E-state index >= 15 is 0 Å². The third-order valence-corrected chi connectivity index (χ3v) is 4.24. The van der Waals surface area contributed by atoms with Gasteiger partial charge in [-0.3, -0.25) is 4.79 Å². The van der Waals surface area contributed by atoms with Gasteiger partial charge in [0.2, 0.25) is 0 Å². The van der Waals surface area contributed by atoms with Crippen molar-refractivity contribution in [3.05, 3.63) is 78.4 Å². The van der Waals surface area contributed by atoms with Crippen LogP contribution in [0.4, 0.5) is 0 Å². The maximum Gasteiger partial charge on any atom is 0.254 e. The number of carbonyl (C=O) groups is 1.